The Morgan fingerprint density at radius 3 is 2.55 bits per heavy atom. The zero-order valence-corrected chi connectivity index (χ0v) is 12.9. The van der Waals surface area contributed by atoms with Gasteiger partial charge in [-0.3, -0.25) is 4.79 Å². The molecule has 22 heavy (non-hydrogen) atoms. The Hall–Kier alpha value is -2.49. The third-order valence-corrected chi connectivity index (χ3v) is 3.08. The Morgan fingerprint density at radius 2 is 1.82 bits per heavy atom. The van der Waals surface area contributed by atoms with Gasteiger partial charge in [0.2, 0.25) is 0 Å². The number of ether oxygens (including phenoxy) is 2. The number of rotatable bonds is 7. The summed E-state index contributed by atoms with van der Waals surface area (Å²) in [6.45, 7) is 4.60. The molecule has 1 unspecified atom stereocenters. The molecule has 4 nitrogen and oxygen atoms in total. The van der Waals surface area contributed by atoms with E-state index in [2.05, 4.69) is 5.32 Å². The van der Waals surface area contributed by atoms with Crippen LogP contribution < -0.4 is 14.8 Å². The molecule has 0 radical (unpaired) electrons. The smallest absolute Gasteiger partial charge is 0.260 e. The van der Waals surface area contributed by atoms with Gasteiger partial charge in [-0.1, -0.05) is 30.3 Å². The third-order valence-electron chi connectivity index (χ3n) is 3.08. The van der Waals surface area contributed by atoms with E-state index < -0.39 is 6.10 Å². The Kier molecular flexibility index (Phi) is 5.83. The highest BCUT2D eigenvalue weighted by Crippen LogP contribution is 2.12. The van der Waals surface area contributed by atoms with Gasteiger partial charge >= 0.3 is 0 Å². The molecule has 0 heterocycles. The minimum Gasteiger partial charge on any atom is -0.492 e. The van der Waals surface area contributed by atoms with Crippen molar-refractivity contribution in [1.29, 1.82) is 0 Å². The summed E-state index contributed by atoms with van der Waals surface area (Å²) >= 11 is 0. The molecule has 116 valence electrons. The average Bonchev–Trinajstić information content (AvgIpc) is 2.52. The molecule has 0 aliphatic heterocycles. The van der Waals surface area contributed by atoms with E-state index >= 15 is 0 Å². The van der Waals surface area contributed by atoms with E-state index in [0.717, 1.165) is 11.3 Å². The molecular weight excluding hydrogens is 278 g/mol. The van der Waals surface area contributed by atoms with Gasteiger partial charge in [0.1, 0.15) is 18.1 Å². The van der Waals surface area contributed by atoms with E-state index in [-0.39, 0.29) is 5.91 Å². The van der Waals surface area contributed by atoms with E-state index in [1.807, 2.05) is 61.5 Å². The maximum absolute atomic E-state index is 11.9. The highest BCUT2D eigenvalue weighted by molar-refractivity contribution is 5.80. The van der Waals surface area contributed by atoms with Crippen LogP contribution in [-0.2, 0) is 4.79 Å². The van der Waals surface area contributed by atoms with Gasteiger partial charge in [0.15, 0.2) is 6.10 Å². The first-order valence-electron chi connectivity index (χ1n) is 7.34. The van der Waals surface area contributed by atoms with E-state index in [1.54, 1.807) is 6.92 Å². The molecule has 1 atom stereocenters. The minimum absolute atomic E-state index is 0.156. The SMILES string of the molecule is Cc1cccc(OCCNC(=O)C(C)Oc2ccccc2)c1. The maximum Gasteiger partial charge on any atom is 0.260 e. The van der Waals surface area contributed by atoms with Crippen LogP contribution in [0.25, 0.3) is 0 Å². The van der Waals surface area contributed by atoms with E-state index in [0.29, 0.717) is 18.9 Å². The Morgan fingerprint density at radius 1 is 1.09 bits per heavy atom. The lowest BCUT2D eigenvalue weighted by Crippen LogP contribution is -2.38. The van der Waals surface area contributed by atoms with Crippen LogP contribution in [0.2, 0.25) is 0 Å². The van der Waals surface area contributed by atoms with Crippen molar-refractivity contribution in [2.75, 3.05) is 13.2 Å². The van der Waals surface area contributed by atoms with Gasteiger partial charge in [0.25, 0.3) is 5.91 Å². The van der Waals surface area contributed by atoms with Gasteiger partial charge in [0, 0.05) is 0 Å². The Balaban J connectivity index is 1.69. The molecule has 2 rings (SSSR count). The lowest BCUT2D eigenvalue weighted by atomic mass is 10.2. The summed E-state index contributed by atoms with van der Waals surface area (Å²) in [4.78, 5) is 11.9. The number of amides is 1. The Labute approximate surface area is 131 Å². The summed E-state index contributed by atoms with van der Waals surface area (Å²) in [6.07, 6.45) is -0.540. The van der Waals surface area contributed by atoms with Crippen molar-refractivity contribution in [1.82, 2.24) is 5.32 Å². The number of carbonyl (C=O) groups excluding carboxylic acids is 1. The van der Waals surface area contributed by atoms with Gasteiger partial charge in [-0.15, -0.1) is 0 Å². The van der Waals surface area contributed by atoms with Gasteiger partial charge in [-0.05, 0) is 43.7 Å². The van der Waals surface area contributed by atoms with Crippen LogP contribution in [0.5, 0.6) is 11.5 Å². The molecule has 2 aromatic rings. The van der Waals surface area contributed by atoms with Crippen LogP contribution in [0.3, 0.4) is 0 Å². The highest BCUT2D eigenvalue weighted by atomic mass is 16.5. The van der Waals surface area contributed by atoms with Crippen molar-refractivity contribution in [2.24, 2.45) is 0 Å². The predicted molar refractivity (Wildman–Crippen MR) is 86.2 cm³/mol. The number of hydrogen-bond acceptors (Lipinski definition) is 3. The van der Waals surface area contributed by atoms with Crippen molar-refractivity contribution in [3.05, 3.63) is 60.2 Å². The van der Waals surface area contributed by atoms with E-state index in [1.165, 1.54) is 0 Å². The molecule has 2 aromatic carbocycles. The van der Waals surface area contributed by atoms with Crippen molar-refractivity contribution >= 4 is 5.91 Å². The second kappa shape index (κ2) is 8.08. The molecular formula is C18H21NO3. The number of carbonyl (C=O) groups is 1. The number of hydrogen-bond donors (Lipinski definition) is 1. The summed E-state index contributed by atoms with van der Waals surface area (Å²) in [7, 11) is 0. The van der Waals surface area contributed by atoms with Gasteiger partial charge < -0.3 is 14.8 Å². The molecule has 0 saturated heterocycles. The second-order valence-corrected chi connectivity index (χ2v) is 5.03. The number of nitrogens with one attached hydrogen (secondary N) is 1. The first-order chi connectivity index (χ1) is 10.6. The number of benzene rings is 2. The first-order valence-corrected chi connectivity index (χ1v) is 7.34. The van der Waals surface area contributed by atoms with Crippen molar-refractivity contribution in [3.8, 4) is 11.5 Å². The highest BCUT2D eigenvalue weighted by Gasteiger charge is 2.13. The molecule has 1 N–H and O–H groups in total. The second-order valence-electron chi connectivity index (χ2n) is 5.03. The average molecular weight is 299 g/mol. The molecule has 0 bridgehead atoms. The Bertz CT molecular complexity index is 598. The monoisotopic (exact) mass is 299 g/mol. The number of aryl methyl sites for hydroxylation is 1. The summed E-state index contributed by atoms with van der Waals surface area (Å²) in [6, 6.07) is 17.1. The normalized spacial score (nSPS) is 11.5. The minimum atomic E-state index is -0.540. The molecule has 0 aliphatic rings. The van der Waals surface area contributed by atoms with E-state index in [9.17, 15) is 4.79 Å². The van der Waals surface area contributed by atoms with Gasteiger partial charge in [0.05, 0.1) is 6.54 Å². The van der Waals surface area contributed by atoms with Crippen LogP contribution in [0, 0.1) is 6.92 Å². The van der Waals surface area contributed by atoms with Crippen molar-refractivity contribution in [3.63, 3.8) is 0 Å². The van der Waals surface area contributed by atoms with Crippen LogP contribution in [0.15, 0.2) is 54.6 Å². The predicted octanol–water partition coefficient (Wildman–Crippen LogP) is 2.96. The molecule has 1 amide bonds. The molecule has 0 aromatic heterocycles. The fraction of sp³-hybridized carbons (Fsp3) is 0.278. The van der Waals surface area contributed by atoms with Crippen molar-refractivity contribution < 1.29 is 14.3 Å². The maximum atomic E-state index is 11.9. The largest absolute Gasteiger partial charge is 0.492 e. The molecule has 0 aliphatic carbocycles. The molecule has 0 saturated carbocycles. The van der Waals surface area contributed by atoms with Crippen LogP contribution in [0.1, 0.15) is 12.5 Å². The van der Waals surface area contributed by atoms with Gasteiger partial charge in [-0.25, -0.2) is 0 Å². The summed E-state index contributed by atoms with van der Waals surface area (Å²) in [5.41, 5.74) is 1.14. The fourth-order valence-electron chi connectivity index (χ4n) is 1.95. The van der Waals surface area contributed by atoms with Crippen molar-refractivity contribution in [2.45, 2.75) is 20.0 Å². The topological polar surface area (TPSA) is 47.6 Å². The molecule has 0 spiro atoms. The van der Waals surface area contributed by atoms with Gasteiger partial charge in [-0.2, -0.15) is 0 Å². The summed E-state index contributed by atoms with van der Waals surface area (Å²) in [5.74, 6) is 1.33. The van der Waals surface area contributed by atoms with Crippen LogP contribution >= 0.6 is 0 Å². The number of para-hydroxylation sites is 1. The fourth-order valence-corrected chi connectivity index (χ4v) is 1.95. The summed E-state index contributed by atoms with van der Waals surface area (Å²) in [5, 5.41) is 2.80. The van der Waals surface area contributed by atoms with E-state index in [4.69, 9.17) is 9.47 Å². The zero-order chi connectivity index (χ0) is 15.8. The summed E-state index contributed by atoms with van der Waals surface area (Å²) < 4.78 is 11.1. The zero-order valence-electron chi connectivity index (χ0n) is 12.9. The lowest BCUT2D eigenvalue weighted by molar-refractivity contribution is -0.127. The lowest BCUT2D eigenvalue weighted by Gasteiger charge is -2.15. The third kappa shape index (κ3) is 5.13. The standard InChI is InChI=1S/C18H21NO3/c1-14-7-6-10-17(13-14)21-12-11-19-18(20)15(2)22-16-8-4-3-5-9-16/h3-10,13,15H,11-12H2,1-2H3,(H,19,20). The quantitative estimate of drug-likeness (QED) is 0.800. The first kappa shape index (κ1) is 15.9. The molecule has 4 heteroatoms. The van der Waals surface area contributed by atoms with Crippen LogP contribution in [-0.4, -0.2) is 25.2 Å². The molecule has 0 fully saturated rings. The van der Waals surface area contributed by atoms with Crippen LogP contribution in [0.4, 0.5) is 0 Å².